The Morgan fingerprint density at radius 2 is 1.50 bits per heavy atom. The van der Waals surface area contributed by atoms with Crippen LogP contribution >= 0.6 is 0 Å². The summed E-state index contributed by atoms with van der Waals surface area (Å²) in [5.41, 5.74) is 3.17. The van der Waals surface area contributed by atoms with Crippen molar-refractivity contribution < 1.29 is 14.2 Å². The lowest BCUT2D eigenvalue weighted by Crippen LogP contribution is -2.45. The van der Waals surface area contributed by atoms with Crippen LogP contribution in [0, 0.1) is 0 Å². The zero-order chi connectivity index (χ0) is 21.7. The topological polar surface area (TPSA) is 27.7 Å². The molecule has 1 atom stereocenters. The minimum absolute atomic E-state index is 0.214. The second-order valence-corrected chi connectivity index (χ2v) is 7.74. The van der Waals surface area contributed by atoms with Crippen LogP contribution in [0.25, 0.3) is 6.08 Å². The first-order valence-electron chi connectivity index (χ1n) is 11.2. The smallest absolute Gasteiger partial charge is 0.221 e. The molecule has 30 heavy (non-hydrogen) atoms. The number of hydrogen-bond acceptors (Lipinski definition) is 3. The van der Waals surface area contributed by atoms with Gasteiger partial charge in [-0.15, -0.1) is 0 Å². The molecule has 2 rings (SSSR count). The van der Waals surface area contributed by atoms with Gasteiger partial charge in [-0.05, 0) is 17.5 Å². The average molecular weight is 411 g/mol. The summed E-state index contributed by atoms with van der Waals surface area (Å²) in [6.07, 6.45) is 9.92. The Labute approximate surface area is 183 Å². The molecule has 0 saturated carbocycles. The maximum absolute atomic E-state index is 6.44. The Bertz CT molecular complexity index is 705. The van der Waals surface area contributed by atoms with Crippen LogP contribution in [0.15, 0.2) is 61.2 Å². The Kier molecular flexibility index (Phi) is 10.9. The fraction of sp³-hybridized carbons (Fsp3) is 0.481. The lowest BCUT2D eigenvalue weighted by Gasteiger charge is -2.38. The standard InChI is InChI=1S/C27H38O3/c1-5-7-8-9-10-14-17-26(30-22-24-15-12-11-13-16-24)27(28-3,29-4)25-20-18-23(6-2)19-21-25/h6,11-13,15-16,18-21,26H,2,5,7-10,14,17,22H2,1,3-4H3. The van der Waals surface area contributed by atoms with Gasteiger partial charge >= 0.3 is 0 Å². The Hall–Kier alpha value is -1.94. The molecule has 0 saturated heterocycles. The zero-order valence-electron chi connectivity index (χ0n) is 18.9. The van der Waals surface area contributed by atoms with Gasteiger partial charge < -0.3 is 14.2 Å². The third-order valence-electron chi connectivity index (χ3n) is 5.69. The molecule has 0 fully saturated rings. The van der Waals surface area contributed by atoms with Crippen LogP contribution < -0.4 is 0 Å². The molecule has 0 spiro atoms. The second kappa shape index (κ2) is 13.4. The Balaban J connectivity index is 2.18. The van der Waals surface area contributed by atoms with Crippen LogP contribution in [0.5, 0.6) is 0 Å². The summed E-state index contributed by atoms with van der Waals surface area (Å²) in [5, 5.41) is 0. The lowest BCUT2D eigenvalue weighted by atomic mass is 9.94. The molecule has 3 nitrogen and oxygen atoms in total. The molecular formula is C27H38O3. The molecule has 164 valence electrons. The zero-order valence-corrected chi connectivity index (χ0v) is 18.9. The van der Waals surface area contributed by atoms with Crippen LogP contribution in [0.4, 0.5) is 0 Å². The van der Waals surface area contributed by atoms with Crippen molar-refractivity contribution in [3.63, 3.8) is 0 Å². The van der Waals surface area contributed by atoms with Gasteiger partial charge in [-0.2, -0.15) is 0 Å². The normalized spacial score (nSPS) is 12.6. The van der Waals surface area contributed by atoms with E-state index in [1.807, 2.05) is 48.5 Å². The van der Waals surface area contributed by atoms with Crippen LogP contribution in [-0.4, -0.2) is 20.3 Å². The van der Waals surface area contributed by atoms with Gasteiger partial charge in [0, 0.05) is 19.8 Å². The number of hydrogen-bond donors (Lipinski definition) is 0. The monoisotopic (exact) mass is 410 g/mol. The van der Waals surface area contributed by atoms with Crippen molar-refractivity contribution in [2.75, 3.05) is 14.2 Å². The number of unbranched alkanes of at least 4 members (excludes halogenated alkanes) is 5. The van der Waals surface area contributed by atoms with Crippen molar-refractivity contribution in [2.24, 2.45) is 0 Å². The van der Waals surface area contributed by atoms with E-state index < -0.39 is 5.79 Å². The molecule has 0 heterocycles. The summed E-state index contributed by atoms with van der Waals surface area (Å²) in [7, 11) is 3.40. The van der Waals surface area contributed by atoms with E-state index in [1.165, 1.54) is 32.1 Å². The maximum Gasteiger partial charge on any atom is 0.221 e. The van der Waals surface area contributed by atoms with Gasteiger partial charge in [0.05, 0.1) is 6.61 Å². The van der Waals surface area contributed by atoms with Crippen molar-refractivity contribution in [1.29, 1.82) is 0 Å². The molecule has 2 aromatic rings. The van der Waals surface area contributed by atoms with Crippen LogP contribution in [0.2, 0.25) is 0 Å². The van der Waals surface area contributed by atoms with Crippen molar-refractivity contribution in [3.8, 4) is 0 Å². The molecular weight excluding hydrogens is 372 g/mol. The summed E-state index contributed by atoms with van der Waals surface area (Å²) in [5.74, 6) is -0.947. The predicted molar refractivity (Wildman–Crippen MR) is 125 cm³/mol. The van der Waals surface area contributed by atoms with Crippen molar-refractivity contribution in [1.82, 2.24) is 0 Å². The number of benzene rings is 2. The summed E-state index contributed by atoms with van der Waals surface area (Å²) >= 11 is 0. The van der Waals surface area contributed by atoms with Gasteiger partial charge in [-0.1, -0.05) is 113 Å². The van der Waals surface area contributed by atoms with Gasteiger partial charge in [0.15, 0.2) is 0 Å². The minimum atomic E-state index is -0.947. The van der Waals surface area contributed by atoms with Gasteiger partial charge in [0.1, 0.15) is 6.10 Å². The number of ether oxygens (including phenoxy) is 3. The third kappa shape index (κ3) is 6.80. The first kappa shape index (κ1) is 24.3. The average Bonchev–Trinajstić information content (AvgIpc) is 2.81. The predicted octanol–water partition coefficient (Wildman–Crippen LogP) is 7.11. The summed E-state index contributed by atoms with van der Waals surface area (Å²) < 4.78 is 18.5. The molecule has 0 bridgehead atoms. The third-order valence-corrected chi connectivity index (χ3v) is 5.69. The van der Waals surface area contributed by atoms with E-state index in [2.05, 4.69) is 25.6 Å². The van der Waals surface area contributed by atoms with Crippen molar-refractivity contribution in [3.05, 3.63) is 77.9 Å². The van der Waals surface area contributed by atoms with Crippen LogP contribution in [0.3, 0.4) is 0 Å². The Morgan fingerprint density at radius 3 is 2.10 bits per heavy atom. The van der Waals surface area contributed by atoms with Crippen LogP contribution in [-0.2, 0) is 26.6 Å². The molecule has 0 aromatic heterocycles. The highest BCUT2D eigenvalue weighted by Crippen LogP contribution is 2.35. The molecule has 0 N–H and O–H groups in total. The molecule has 3 heteroatoms. The first-order valence-corrected chi connectivity index (χ1v) is 11.2. The fourth-order valence-corrected chi connectivity index (χ4v) is 3.88. The highest BCUT2D eigenvalue weighted by atomic mass is 16.7. The summed E-state index contributed by atoms with van der Waals surface area (Å²) in [4.78, 5) is 0. The van der Waals surface area contributed by atoms with Gasteiger partial charge in [-0.25, -0.2) is 0 Å². The van der Waals surface area contributed by atoms with E-state index in [1.54, 1.807) is 14.2 Å². The van der Waals surface area contributed by atoms with Gasteiger partial charge in [-0.3, -0.25) is 0 Å². The summed E-state index contributed by atoms with van der Waals surface area (Å²) in [6.45, 7) is 6.62. The van der Waals surface area contributed by atoms with Gasteiger partial charge in [0.25, 0.3) is 0 Å². The van der Waals surface area contributed by atoms with Crippen LogP contribution in [0.1, 0.15) is 68.6 Å². The Morgan fingerprint density at radius 1 is 0.867 bits per heavy atom. The highest BCUT2D eigenvalue weighted by Gasteiger charge is 2.42. The quantitative estimate of drug-likeness (QED) is 0.231. The molecule has 0 aliphatic rings. The largest absolute Gasteiger partial charge is 0.368 e. The van der Waals surface area contributed by atoms with Crippen molar-refractivity contribution in [2.45, 2.75) is 70.4 Å². The molecule has 0 radical (unpaired) electrons. The van der Waals surface area contributed by atoms with E-state index in [-0.39, 0.29) is 6.10 Å². The second-order valence-electron chi connectivity index (χ2n) is 7.74. The number of rotatable bonds is 15. The lowest BCUT2D eigenvalue weighted by molar-refractivity contribution is -0.283. The number of methoxy groups -OCH3 is 2. The highest BCUT2D eigenvalue weighted by molar-refractivity contribution is 5.47. The fourth-order valence-electron chi connectivity index (χ4n) is 3.88. The molecule has 2 aromatic carbocycles. The van der Waals surface area contributed by atoms with Gasteiger partial charge in [0.2, 0.25) is 5.79 Å². The molecule has 0 aliphatic heterocycles. The maximum atomic E-state index is 6.44. The van der Waals surface area contributed by atoms with E-state index in [4.69, 9.17) is 14.2 Å². The molecule has 1 unspecified atom stereocenters. The minimum Gasteiger partial charge on any atom is -0.368 e. The van der Waals surface area contributed by atoms with E-state index in [9.17, 15) is 0 Å². The first-order chi connectivity index (χ1) is 14.7. The molecule has 0 aliphatic carbocycles. The summed E-state index contributed by atoms with van der Waals surface area (Å²) in [6, 6.07) is 18.4. The van der Waals surface area contributed by atoms with E-state index in [0.29, 0.717) is 6.61 Å². The van der Waals surface area contributed by atoms with Crippen molar-refractivity contribution >= 4 is 6.08 Å². The van der Waals surface area contributed by atoms with E-state index >= 15 is 0 Å². The molecule has 0 amide bonds. The van der Waals surface area contributed by atoms with E-state index in [0.717, 1.165) is 29.5 Å². The SMILES string of the molecule is C=Cc1ccc(C(OC)(OC)C(CCCCCCCC)OCc2ccccc2)cc1.